The van der Waals surface area contributed by atoms with Gasteiger partial charge in [-0.05, 0) is 42.6 Å². The van der Waals surface area contributed by atoms with E-state index in [-0.39, 0.29) is 5.82 Å². The summed E-state index contributed by atoms with van der Waals surface area (Å²) in [5.41, 5.74) is 1.66. The van der Waals surface area contributed by atoms with Gasteiger partial charge in [0, 0.05) is 27.0 Å². The molecule has 1 atom stereocenters. The number of hydrogen-bond acceptors (Lipinski definition) is 3. The standard InChI is InChI=1S/C15H12FNOS/c1-9-2-3-10(8-17-9)15(18)14-7-11-6-12(16)4-5-13(11)19-14/h2-8,15,18H,1H3. The van der Waals surface area contributed by atoms with Crippen LogP contribution in [0.4, 0.5) is 4.39 Å². The van der Waals surface area contributed by atoms with Crippen molar-refractivity contribution in [3.05, 3.63) is 64.5 Å². The van der Waals surface area contributed by atoms with Crippen LogP contribution >= 0.6 is 11.3 Å². The van der Waals surface area contributed by atoms with E-state index in [1.54, 1.807) is 12.3 Å². The Morgan fingerprint density at radius 2 is 2.05 bits per heavy atom. The Hall–Kier alpha value is -1.78. The Balaban J connectivity index is 2.01. The lowest BCUT2D eigenvalue weighted by molar-refractivity contribution is 0.224. The van der Waals surface area contributed by atoms with E-state index in [0.29, 0.717) is 0 Å². The third-order valence-electron chi connectivity index (χ3n) is 3.02. The average molecular weight is 273 g/mol. The van der Waals surface area contributed by atoms with Crippen molar-refractivity contribution in [3.63, 3.8) is 0 Å². The molecule has 1 unspecified atom stereocenters. The molecular weight excluding hydrogens is 261 g/mol. The summed E-state index contributed by atoms with van der Waals surface area (Å²) in [5.74, 6) is -0.261. The first-order chi connectivity index (χ1) is 9.13. The molecule has 1 N–H and O–H groups in total. The lowest BCUT2D eigenvalue weighted by atomic mass is 10.1. The van der Waals surface area contributed by atoms with Gasteiger partial charge in [0.1, 0.15) is 11.9 Å². The zero-order valence-corrected chi connectivity index (χ0v) is 11.1. The van der Waals surface area contributed by atoms with Crippen LogP contribution in [0.2, 0.25) is 0 Å². The fourth-order valence-corrected chi connectivity index (χ4v) is 3.03. The summed E-state index contributed by atoms with van der Waals surface area (Å²) in [6.45, 7) is 1.90. The molecule has 2 aromatic heterocycles. The van der Waals surface area contributed by atoms with Gasteiger partial charge in [0.2, 0.25) is 0 Å². The van der Waals surface area contributed by atoms with Gasteiger partial charge in [0.15, 0.2) is 0 Å². The Labute approximate surface area is 114 Å². The molecule has 0 bridgehead atoms. The van der Waals surface area contributed by atoms with Crippen LogP contribution in [0.5, 0.6) is 0 Å². The van der Waals surface area contributed by atoms with Crippen LogP contribution in [0.15, 0.2) is 42.6 Å². The number of hydrogen-bond donors (Lipinski definition) is 1. The van der Waals surface area contributed by atoms with Crippen LogP contribution in [0.25, 0.3) is 10.1 Å². The third-order valence-corrected chi connectivity index (χ3v) is 4.19. The summed E-state index contributed by atoms with van der Waals surface area (Å²) in [5, 5.41) is 11.1. The quantitative estimate of drug-likeness (QED) is 0.770. The van der Waals surface area contributed by atoms with Gasteiger partial charge in [-0.15, -0.1) is 11.3 Å². The number of aromatic nitrogens is 1. The number of aliphatic hydroxyl groups excluding tert-OH is 1. The predicted molar refractivity (Wildman–Crippen MR) is 74.8 cm³/mol. The van der Waals surface area contributed by atoms with Crippen molar-refractivity contribution in [2.75, 3.05) is 0 Å². The molecule has 3 rings (SSSR count). The molecule has 19 heavy (non-hydrogen) atoms. The van der Waals surface area contributed by atoms with Gasteiger partial charge in [-0.2, -0.15) is 0 Å². The highest BCUT2D eigenvalue weighted by atomic mass is 32.1. The number of rotatable bonds is 2. The number of pyridine rings is 1. The Kier molecular flexibility index (Phi) is 3.05. The van der Waals surface area contributed by atoms with Crippen LogP contribution in [0.1, 0.15) is 22.2 Å². The molecule has 0 aliphatic carbocycles. The number of fused-ring (bicyclic) bond motifs is 1. The largest absolute Gasteiger partial charge is 0.383 e. The Morgan fingerprint density at radius 3 is 2.79 bits per heavy atom. The maximum atomic E-state index is 13.1. The molecule has 1 aromatic carbocycles. The van der Waals surface area contributed by atoms with E-state index in [1.807, 2.05) is 25.1 Å². The lowest BCUT2D eigenvalue weighted by Crippen LogP contribution is -1.97. The van der Waals surface area contributed by atoms with Crippen LogP contribution in [0.3, 0.4) is 0 Å². The summed E-state index contributed by atoms with van der Waals surface area (Å²) >= 11 is 1.47. The van der Waals surface area contributed by atoms with Crippen LogP contribution in [-0.4, -0.2) is 10.1 Å². The van der Waals surface area contributed by atoms with Crippen molar-refractivity contribution in [1.82, 2.24) is 4.98 Å². The van der Waals surface area contributed by atoms with Gasteiger partial charge >= 0.3 is 0 Å². The molecule has 0 saturated heterocycles. The molecule has 96 valence electrons. The summed E-state index contributed by atoms with van der Waals surface area (Å²) in [6, 6.07) is 10.2. The Bertz CT molecular complexity index is 721. The number of aliphatic hydroxyl groups is 1. The SMILES string of the molecule is Cc1ccc(C(O)c2cc3cc(F)ccc3s2)cn1. The number of halogens is 1. The van der Waals surface area contributed by atoms with Crippen molar-refractivity contribution in [3.8, 4) is 0 Å². The number of thiophene rings is 1. The summed E-state index contributed by atoms with van der Waals surface area (Å²) in [6.07, 6.45) is 0.957. The van der Waals surface area contributed by atoms with E-state index < -0.39 is 6.10 Å². The highest BCUT2D eigenvalue weighted by Gasteiger charge is 2.14. The molecule has 0 amide bonds. The van der Waals surface area contributed by atoms with Gasteiger partial charge in [0.05, 0.1) is 0 Å². The molecule has 2 heterocycles. The maximum Gasteiger partial charge on any atom is 0.123 e. The maximum absolute atomic E-state index is 13.1. The third kappa shape index (κ3) is 2.37. The Morgan fingerprint density at radius 1 is 1.21 bits per heavy atom. The topological polar surface area (TPSA) is 33.1 Å². The average Bonchev–Trinajstić information content (AvgIpc) is 2.81. The van der Waals surface area contributed by atoms with Crippen molar-refractivity contribution in [2.45, 2.75) is 13.0 Å². The van der Waals surface area contributed by atoms with Gasteiger partial charge in [-0.1, -0.05) is 6.07 Å². The van der Waals surface area contributed by atoms with E-state index >= 15 is 0 Å². The van der Waals surface area contributed by atoms with E-state index in [2.05, 4.69) is 4.98 Å². The minimum Gasteiger partial charge on any atom is -0.383 e. The van der Waals surface area contributed by atoms with Crippen molar-refractivity contribution in [2.24, 2.45) is 0 Å². The zero-order chi connectivity index (χ0) is 13.4. The lowest BCUT2D eigenvalue weighted by Gasteiger charge is -2.08. The minimum absolute atomic E-state index is 0.261. The van der Waals surface area contributed by atoms with Crippen LogP contribution in [0, 0.1) is 12.7 Å². The van der Waals surface area contributed by atoms with Crippen LogP contribution < -0.4 is 0 Å². The summed E-state index contributed by atoms with van der Waals surface area (Å²) in [4.78, 5) is 4.98. The molecule has 0 fully saturated rings. The molecule has 0 aliphatic rings. The van der Waals surface area contributed by atoms with Crippen LogP contribution in [-0.2, 0) is 0 Å². The normalized spacial score (nSPS) is 12.8. The van der Waals surface area contributed by atoms with E-state index in [4.69, 9.17) is 0 Å². The second kappa shape index (κ2) is 4.72. The second-order valence-electron chi connectivity index (χ2n) is 4.47. The number of nitrogens with zero attached hydrogens (tertiary/aromatic N) is 1. The molecule has 3 aromatic rings. The monoisotopic (exact) mass is 273 g/mol. The predicted octanol–water partition coefficient (Wildman–Crippen LogP) is 3.83. The van der Waals surface area contributed by atoms with Crippen molar-refractivity contribution in [1.29, 1.82) is 0 Å². The van der Waals surface area contributed by atoms with Gasteiger partial charge in [0.25, 0.3) is 0 Å². The zero-order valence-electron chi connectivity index (χ0n) is 10.3. The molecule has 0 spiro atoms. The minimum atomic E-state index is -0.714. The van der Waals surface area contributed by atoms with E-state index in [0.717, 1.165) is 26.2 Å². The highest BCUT2D eigenvalue weighted by Crippen LogP contribution is 2.33. The molecule has 0 saturated carbocycles. The highest BCUT2D eigenvalue weighted by molar-refractivity contribution is 7.19. The molecular formula is C15H12FNOS. The summed E-state index contributed by atoms with van der Waals surface area (Å²) < 4.78 is 14.1. The first-order valence-corrected chi connectivity index (χ1v) is 6.75. The fourth-order valence-electron chi connectivity index (χ4n) is 1.97. The number of aryl methyl sites for hydroxylation is 1. The van der Waals surface area contributed by atoms with Gasteiger partial charge < -0.3 is 5.11 Å². The first kappa shape index (κ1) is 12.3. The first-order valence-electron chi connectivity index (χ1n) is 5.93. The smallest absolute Gasteiger partial charge is 0.123 e. The molecule has 2 nitrogen and oxygen atoms in total. The second-order valence-corrected chi connectivity index (χ2v) is 5.58. The molecule has 4 heteroatoms. The number of benzene rings is 1. The molecule has 0 radical (unpaired) electrons. The van der Waals surface area contributed by atoms with Crippen molar-refractivity contribution < 1.29 is 9.50 Å². The summed E-state index contributed by atoms with van der Waals surface area (Å²) in [7, 11) is 0. The fraction of sp³-hybridized carbons (Fsp3) is 0.133. The van der Waals surface area contributed by atoms with Gasteiger partial charge in [-0.3, -0.25) is 4.98 Å². The molecule has 0 aliphatic heterocycles. The van der Waals surface area contributed by atoms with E-state index in [9.17, 15) is 9.50 Å². The van der Waals surface area contributed by atoms with Crippen molar-refractivity contribution >= 4 is 21.4 Å². The van der Waals surface area contributed by atoms with E-state index in [1.165, 1.54) is 23.5 Å². The van der Waals surface area contributed by atoms with Gasteiger partial charge in [-0.25, -0.2) is 4.39 Å².